The van der Waals surface area contributed by atoms with Crippen LogP contribution in [0.1, 0.15) is 74.1 Å². The summed E-state index contributed by atoms with van der Waals surface area (Å²) >= 11 is 4.11. The topological polar surface area (TPSA) is 115 Å². The Kier molecular flexibility index (Phi) is 9.44. The van der Waals surface area contributed by atoms with Crippen LogP contribution >= 0.6 is 34.4 Å². The summed E-state index contributed by atoms with van der Waals surface area (Å²) in [5.41, 5.74) is 4.52. The molecule has 0 spiro atoms. The lowest BCUT2D eigenvalue weighted by Gasteiger charge is -2.16. The lowest BCUT2D eigenvalue weighted by Crippen LogP contribution is -2.25. The van der Waals surface area contributed by atoms with Crippen molar-refractivity contribution in [2.45, 2.75) is 70.3 Å². The van der Waals surface area contributed by atoms with Crippen LogP contribution < -0.4 is 10.6 Å². The van der Waals surface area contributed by atoms with Crippen LogP contribution in [0.5, 0.6) is 0 Å². The number of hydrogen-bond donors (Lipinski definition) is 2. The third kappa shape index (κ3) is 6.30. The number of aromatic nitrogens is 3. The third-order valence-corrected chi connectivity index (χ3v) is 10.3. The molecule has 0 bridgehead atoms. The Morgan fingerprint density at radius 2 is 1.93 bits per heavy atom. The van der Waals surface area contributed by atoms with E-state index in [4.69, 9.17) is 4.74 Å². The van der Waals surface area contributed by atoms with Crippen molar-refractivity contribution in [2.75, 3.05) is 11.9 Å². The molecule has 2 amide bonds. The maximum absolute atomic E-state index is 13.5. The summed E-state index contributed by atoms with van der Waals surface area (Å²) in [7, 11) is 0. The molecule has 1 aliphatic carbocycles. The van der Waals surface area contributed by atoms with E-state index in [9.17, 15) is 14.4 Å². The zero-order chi connectivity index (χ0) is 29.8. The van der Waals surface area contributed by atoms with E-state index in [0.29, 0.717) is 26.4 Å². The fourth-order valence-electron chi connectivity index (χ4n) is 4.86. The molecule has 0 fully saturated rings. The highest BCUT2D eigenvalue weighted by molar-refractivity contribution is 8.00. The lowest BCUT2D eigenvalue weighted by molar-refractivity contribution is -0.115. The number of rotatable bonds is 10. The minimum absolute atomic E-state index is 0.169. The van der Waals surface area contributed by atoms with Crippen LogP contribution in [0.2, 0.25) is 0 Å². The summed E-state index contributed by atoms with van der Waals surface area (Å²) in [5, 5.41) is 17.2. The van der Waals surface area contributed by atoms with Crippen molar-refractivity contribution in [2.24, 2.45) is 0 Å². The normalized spacial score (nSPS) is 13.3. The molecule has 1 atom stereocenters. The quantitative estimate of drug-likeness (QED) is 0.162. The van der Waals surface area contributed by atoms with E-state index in [-0.39, 0.29) is 25.0 Å². The maximum Gasteiger partial charge on any atom is 0.341 e. The van der Waals surface area contributed by atoms with Crippen LogP contribution in [0, 0.1) is 13.8 Å². The second-order valence-electron chi connectivity index (χ2n) is 10.00. The van der Waals surface area contributed by atoms with Gasteiger partial charge in [-0.15, -0.1) is 32.9 Å². The monoisotopic (exact) mass is 623 g/mol. The Labute approximate surface area is 257 Å². The summed E-state index contributed by atoms with van der Waals surface area (Å²) in [6.07, 6.45) is 3.79. The van der Waals surface area contributed by atoms with Crippen LogP contribution in [-0.4, -0.2) is 44.4 Å². The zero-order valence-electron chi connectivity index (χ0n) is 24.0. The van der Waals surface area contributed by atoms with E-state index in [0.717, 1.165) is 52.9 Å². The number of amides is 2. The molecule has 0 saturated heterocycles. The fraction of sp³-hybridized carbons (Fsp3) is 0.367. The number of nitrogens with zero attached hydrogens (tertiary/aromatic N) is 3. The van der Waals surface area contributed by atoms with Gasteiger partial charge in [-0.1, -0.05) is 30.0 Å². The van der Waals surface area contributed by atoms with Gasteiger partial charge < -0.3 is 15.4 Å². The standard InChI is InChI=1S/C30H33N5O4S3/c1-5-39-29(38)25-20-11-6-7-13-22(20)42-28(25)32-26(36)19(4)41-30-34-33-24(16-31-27(37)23-14-9-15-40-23)35(30)21-12-8-10-17(2)18(21)3/h8-10,12,14-15,19H,5-7,11,13,16H2,1-4H3,(H,31,37)(H,32,36). The van der Waals surface area contributed by atoms with Gasteiger partial charge in [0.1, 0.15) is 5.00 Å². The number of anilines is 1. The van der Waals surface area contributed by atoms with E-state index in [1.54, 1.807) is 19.9 Å². The summed E-state index contributed by atoms with van der Waals surface area (Å²) in [4.78, 5) is 40.8. The summed E-state index contributed by atoms with van der Waals surface area (Å²) in [5.74, 6) is -0.263. The van der Waals surface area contributed by atoms with Crippen molar-refractivity contribution in [1.29, 1.82) is 0 Å². The van der Waals surface area contributed by atoms with Gasteiger partial charge in [0.25, 0.3) is 5.91 Å². The third-order valence-electron chi connectivity index (χ3n) is 7.21. The van der Waals surface area contributed by atoms with Crippen LogP contribution in [0.15, 0.2) is 40.9 Å². The number of hydrogen-bond acceptors (Lipinski definition) is 9. The molecule has 1 unspecified atom stereocenters. The highest BCUT2D eigenvalue weighted by atomic mass is 32.2. The first-order valence-electron chi connectivity index (χ1n) is 13.9. The van der Waals surface area contributed by atoms with Gasteiger partial charge in [-0.3, -0.25) is 14.2 Å². The lowest BCUT2D eigenvalue weighted by atomic mass is 9.95. The van der Waals surface area contributed by atoms with Gasteiger partial charge in [-0.2, -0.15) is 0 Å². The molecule has 1 aliphatic rings. The minimum Gasteiger partial charge on any atom is -0.462 e. The smallest absolute Gasteiger partial charge is 0.341 e. The molecule has 42 heavy (non-hydrogen) atoms. The van der Waals surface area contributed by atoms with Crippen molar-refractivity contribution in [1.82, 2.24) is 20.1 Å². The van der Waals surface area contributed by atoms with Gasteiger partial charge in [0.15, 0.2) is 11.0 Å². The first kappa shape index (κ1) is 30.0. The van der Waals surface area contributed by atoms with Crippen molar-refractivity contribution < 1.29 is 19.1 Å². The predicted octanol–water partition coefficient (Wildman–Crippen LogP) is 6.11. The van der Waals surface area contributed by atoms with Crippen LogP contribution in [0.3, 0.4) is 0 Å². The first-order chi connectivity index (χ1) is 20.3. The Bertz CT molecular complexity index is 1610. The number of aryl methyl sites for hydroxylation is 2. The second kappa shape index (κ2) is 13.2. The van der Waals surface area contributed by atoms with E-state index in [2.05, 4.69) is 20.8 Å². The van der Waals surface area contributed by atoms with E-state index in [1.807, 2.05) is 48.1 Å². The molecule has 220 valence electrons. The molecule has 0 radical (unpaired) electrons. The maximum atomic E-state index is 13.5. The van der Waals surface area contributed by atoms with Crippen LogP contribution in [0.4, 0.5) is 5.00 Å². The molecular weight excluding hydrogens is 591 g/mol. The van der Waals surface area contributed by atoms with Gasteiger partial charge in [0, 0.05) is 4.88 Å². The first-order valence-corrected chi connectivity index (χ1v) is 16.5. The highest BCUT2D eigenvalue weighted by Crippen LogP contribution is 2.39. The number of esters is 1. The summed E-state index contributed by atoms with van der Waals surface area (Å²) in [6.45, 7) is 8.08. The van der Waals surface area contributed by atoms with Crippen molar-refractivity contribution in [3.63, 3.8) is 0 Å². The fourth-order valence-corrected chi connectivity index (χ4v) is 7.66. The van der Waals surface area contributed by atoms with Crippen molar-refractivity contribution >= 4 is 57.2 Å². The van der Waals surface area contributed by atoms with E-state index in [1.165, 1.54) is 34.4 Å². The molecule has 2 N–H and O–H groups in total. The van der Waals surface area contributed by atoms with Crippen molar-refractivity contribution in [3.8, 4) is 5.69 Å². The molecule has 4 aromatic rings. The molecule has 3 aromatic heterocycles. The van der Waals surface area contributed by atoms with Crippen LogP contribution in [-0.2, 0) is 28.9 Å². The molecule has 0 aliphatic heterocycles. The number of carbonyl (C=O) groups is 3. The van der Waals surface area contributed by atoms with Gasteiger partial charge in [-0.05, 0) is 87.6 Å². The number of thiophene rings is 2. The number of nitrogens with one attached hydrogen (secondary N) is 2. The molecule has 0 saturated carbocycles. The average molecular weight is 624 g/mol. The molecule has 5 rings (SSSR count). The van der Waals surface area contributed by atoms with E-state index >= 15 is 0 Å². The van der Waals surface area contributed by atoms with Crippen molar-refractivity contribution in [3.05, 3.63) is 73.5 Å². The SMILES string of the molecule is CCOC(=O)c1c(NC(=O)C(C)Sc2nnc(CNC(=O)c3cccs3)n2-c2cccc(C)c2C)sc2c1CCCC2. The van der Waals surface area contributed by atoms with Gasteiger partial charge in [-0.25, -0.2) is 4.79 Å². The Morgan fingerprint density at radius 3 is 2.69 bits per heavy atom. The van der Waals surface area contributed by atoms with Gasteiger partial charge in [0.05, 0.1) is 34.5 Å². The molecule has 9 nitrogen and oxygen atoms in total. The highest BCUT2D eigenvalue weighted by Gasteiger charge is 2.29. The summed E-state index contributed by atoms with van der Waals surface area (Å²) < 4.78 is 7.24. The number of carbonyl (C=O) groups excluding carboxylic acids is 3. The number of thioether (sulfide) groups is 1. The number of benzene rings is 1. The average Bonchev–Trinajstić information content (AvgIpc) is 3.72. The Hall–Kier alpha value is -3.48. The minimum atomic E-state index is -0.555. The molecule has 1 aromatic carbocycles. The van der Waals surface area contributed by atoms with Gasteiger partial charge >= 0.3 is 5.97 Å². The van der Waals surface area contributed by atoms with Crippen LogP contribution in [0.25, 0.3) is 5.69 Å². The van der Waals surface area contributed by atoms with Gasteiger partial charge in [0.2, 0.25) is 5.91 Å². The molecule has 12 heteroatoms. The zero-order valence-corrected chi connectivity index (χ0v) is 26.4. The Morgan fingerprint density at radius 1 is 1.12 bits per heavy atom. The second-order valence-corrected chi connectivity index (χ2v) is 13.4. The Balaban J connectivity index is 1.40. The largest absolute Gasteiger partial charge is 0.462 e. The molecular formula is C30H33N5O4S3. The number of fused-ring (bicyclic) bond motifs is 1. The molecule has 3 heterocycles. The predicted molar refractivity (Wildman–Crippen MR) is 167 cm³/mol. The van der Waals surface area contributed by atoms with E-state index < -0.39 is 11.2 Å². The summed E-state index contributed by atoms with van der Waals surface area (Å²) in [6, 6.07) is 9.58. The number of ether oxygens (including phenoxy) is 1.